The van der Waals surface area contributed by atoms with E-state index < -0.39 is 14.6 Å². The third-order valence-corrected chi connectivity index (χ3v) is 8.99. The summed E-state index contributed by atoms with van der Waals surface area (Å²) < 4.78 is 29.5. The van der Waals surface area contributed by atoms with Gasteiger partial charge in [-0.05, 0) is 51.3 Å². The molecule has 0 aromatic heterocycles. The molecule has 2 aliphatic rings. The van der Waals surface area contributed by atoms with Gasteiger partial charge in [-0.3, -0.25) is 4.99 Å². The van der Waals surface area contributed by atoms with Crippen molar-refractivity contribution in [3.8, 4) is 5.75 Å². The third-order valence-electron chi connectivity index (χ3n) is 6.45. The number of benzene rings is 1. The molecular weight excluding hydrogens is 386 g/mol. The predicted molar refractivity (Wildman–Crippen MR) is 119 cm³/mol. The van der Waals surface area contributed by atoms with Gasteiger partial charge >= 0.3 is 0 Å². The Morgan fingerprint density at radius 1 is 1.28 bits per heavy atom. The number of rotatable bonds is 5. The van der Waals surface area contributed by atoms with Crippen LogP contribution in [-0.4, -0.2) is 63.1 Å². The highest BCUT2D eigenvalue weighted by atomic mass is 32.2. The van der Waals surface area contributed by atoms with Crippen LogP contribution in [0.4, 0.5) is 0 Å². The van der Waals surface area contributed by atoms with Crippen molar-refractivity contribution in [1.82, 2.24) is 10.2 Å². The van der Waals surface area contributed by atoms with E-state index in [0.29, 0.717) is 19.6 Å². The van der Waals surface area contributed by atoms with Crippen molar-refractivity contribution in [2.45, 2.75) is 56.6 Å². The van der Waals surface area contributed by atoms with Crippen molar-refractivity contribution in [1.29, 1.82) is 0 Å². The molecule has 1 aliphatic carbocycles. The fourth-order valence-corrected chi connectivity index (χ4v) is 5.89. The van der Waals surface area contributed by atoms with Crippen LogP contribution in [-0.2, 0) is 15.3 Å². The average Bonchev–Trinajstić information content (AvgIpc) is 3.18. The largest absolute Gasteiger partial charge is 0.497 e. The molecule has 1 N–H and O–H groups in total. The lowest BCUT2D eigenvalue weighted by Crippen LogP contribution is -2.57. The lowest BCUT2D eigenvalue weighted by atomic mass is 9.79. The maximum Gasteiger partial charge on any atom is 0.194 e. The van der Waals surface area contributed by atoms with E-state index >= 15 is 0 Å². The number of hydrogen-bond acceptors (Lipinski definition) is 4. The van der Waals surface area contributed by atoms with Gasteiger partial charge in [-0.1, -0.05) is 25.0 Å². The summed E-state index contributed by atoms with van der Waals surface area (Å²) in [5.41, 5.74) is 1.31. The van der Waals surface area contributed by atoms with Crippen LogP contribution in [0.2, 0.25) is 0 Å². The second kappa shape index (κ2) is 8.54. The van der Waals surface area contributed by atoms with Crippen molar-refractivity contribution in [3.05, 3.63) is 29.8 Å². The van der Waals surface area contributed by atoms with Gasteiger partial charge in [0.1, 0.15) is 5.75 Å². The van der Waals surface area contributed by atoms with E-state index in [-0.39, 0.29) is 11.2 Å². The van der Waals surface area contributed by atoms with Crippen molar-refractivity contribution < 1.29 is 13.2 Å². The second-order valence-electron chi connectivity index (χ2n) is 8.89. The Morgan fingerprint density at radius 3 is 2.62 bits per heavy atom. The summed E-state index contributed by atoms with van der Waals surface area (Å²) in [5.74, 6) is 1.88. The molecule has 1 heterocycles. The Morgan fingerprint density at radius 2 is 2.00 bits per heavy atom. The molecular formula is C22H35N3O3S. The number of nitrogens with one attached hydrogen (secondary N) is 1. The molecule has 6 nitrogen and oxygen atoms in total. The summed E-state index contributed by atoms with van der Waals surface area (Å²) in [4.78, 5) is 7.14. The van der Waals surface area contributed by atoms with E-state index in [9.17, 15) is 8.42 Å². The summed E-state index contributed by atoms with van der Waals surface area (Å²) in [6.45, 7) is 8.09. The predicted octanol–water partition coefficient (Wildman–Crippen LogP) is 2.98. The fraction of sp³-hybridized carbons (Fsp3) is 0.682. The number of guanidine groups is 1. The minimum absolute atomic E-state index is 0.0204. The molecule has 29 heavy (non-hydrogen) atoms. The smallest absolute Gasteiger partial charge is 0.194 e. The van der Waals surface area contributed by atoms with E-state index in [2.05, 4.69) is 35.3 Å². The van der Waals surface area contributed by atoms with Crippen molar-refractivity contribution in [2.75, 3.05) is 39.0 Å². The number of hydrogen-bond donors (Lipinski definition) is 1. The quantitative estimate of drug-likeness (QED) is 0.585. The maximum absolute atomic E-state index is 12.4. The summed E-state index contributed by atoms with van der Waals surface area (Å²) in [6.07, 6.45) is 4.64. The molecule has 1 aromatic carbocycles. The van der Waals surface area contributed by atoms with E-state index in [1.165, 1.54) is 18.4 Å². The Kier molecular flexibility index (Phi) is 6.46. The Bertz CT molecular complexity index is 843. The van der Waals surface area contributed by atoms with Crippen LogP contribution in [0, 0.1) is 0 Å². The minimum Gasteiger partial charge on any atom is -0.497 e. The number of ether oxygens (including phenoxy) is 1. The molecule has 7 heteroatoms. The van der Waals surface area contributed by atoms with Crippen LogP contribution in [0.25, 0.3) is 0 Å². The molecule has 0 unspecified atom stereocenters. The highest BCUT2D eigenvalue weighted by molar-refractivity contribution is 7.92. The standard InChI is InChI=1S/C22H35N3O3S/c1-5-23-20(25-13-14-29(26,27)21(2,3)17-25)24-16-22(11-6-7-12-22)18-9-8-10-19(15-18)28-4/h8-10,15H,5-7,11-14,16-17H2,1-4H3,(H,23,24). The topological polar surface area (TPSA) is 71.0 Å². The average molecular weight is 422 g/mol. The van der Waals surface area contributed by atoms with Gasteiger partial charge in [0, 0.05) is 25.0 Å². The zero-order valence-corrected chi connectivity index (χ0v) is 19.0. The van der Waals surface area contributed by atoms with E-state index in [1.54, 1.807) is 7.11 Å². The Labute approximate surface area is 175 Å². The van der Waals surface area contributed by atoms with Crippen molar-refractivity contribution >= 4 is 15.8 Å². The Balaban J connectivity index is 1.86. The van der Waals surface area contributed by atoms with Crippen molar-refractivity contribution in [3.63, 3.8) is 0 Å². The normalized spacial score (nSPS) is 23.0. The van der Waals surface area contributed by atoms with Gasteiger partial charge < -0.3 is 15.0 Å². The number of methoxy groups -OCH3 is 1. The summed E-state index contributed by atoms with van der Waals surface area (Å²) >= 11 is 0. The maximum atomic E-state index is 12.4. The number of nitrogens with zero attached hydrogens (tertiary/aromatic N) is 2. The Hall–Kier alpha value is -1.76. The van der Waals surface area contributed by atoms with Crippen molar-refractivity contribution in [2.24, 2.45) is 4.99 Å². The molecule has 3 rings (SSSR count). The van der Waals surface area contributed by atoms with Crippen LogP contribution in [0.5, 0.6) is 5.75 Å². The molecule has 1 aromatic rings. The first kappa shape index (κ1) is 21.9. The van der Waals surface area contributed by atoms with Gasteiger partial charge in [0.05, 0.1) is 24.2 Å². The first-order valence-corrected chi connectivity index (χ1v) is 12.3. The highest BCUT2D eigenvalue weighted by Crippen LogP contribution is 2.42. The molecule has 1 saturated heterocycles. The van der Waals surface area contributed by atoms with Crippen LogP contribution in [0.3, 0.4) is 0 Å². The zero-order chi connectivity index (χ0) is 21.1. The SMILES string of the molecule is CCNC(=NCC1(c2cccc(OC)c2)CCCC1)N1CCS(=O)(=O)C(C)(C)C1. The van der Waals surface area contributed by atoms with E-state index in [0.717, 1.165) is 31.1 Å². The minimum atomic E-state index is -3.07. The monoisotopic (exact) mass is 421 g/mol. The number of aliphatic imine (C=N–C) groups is 1. The molecule has 162 valence electrons. The van der Waals surface area contributed by atoms with Crippen LogP contribution in [0.1, 0.15) is 52.0 Å². The zero-order valence-electron chi connectivity index (χ0n) is 18.2. The third kappa shape index (κ3) is 4.55. The molecule has 2 fully saturated rings. The van der Waals surface area contributed by atoms with E-state index in [4.69, 9.17) is 9.73 Å². The molecule has 0 radical (unpaired) electrons. The van der Waals surface area contributed by atoms with Gasteiger partial charge in [0.2, 0.25) is 0 Å². The van der Waals surface area contributed by atoms with Gasteiger partial charge in [0.25, 0.3) is 0 Å². The summed E-state index contributed by atoms with van der Waals surface area (Å²) in [7, 11) is -1.37. The molecule has 0 spiro atoms. The van der Waals surface area contributed by atoms with Gasteiger partial charge in [0.15, 0.2) is 15.8 Å². The summed E-state index contributed by atoms with van der Waals surface area (Å²) in [6, 6.07) is 8.37. The fourth-order valence-electron chi connectivity index (χ4n) is 4.52. The molecule has 0 bridgehead atoms. The lowest BCUT2D eigenvalue weighted by molar-refractivity contribution is 0.350. The second-order valence-corrected chi connectivity index (χ2v) is 11.6. The van der Waals surface area contributed by atoms with Crippen LogP contribution < -0.4 is 10.1 Å². The molecule has 1 saturated carbocycles. The first-order chi connectivity index (χ1) is 13.7. The van der Waals surface area contributed by atoms with Crippen LogP contribution >= 0.6 is 0 Å². The van der Waals surface area contributed by atoms with Gasteiger partial charge in [-0.2, -0.15) is 0 Å². The highest BCUT2D eigenvalue weighted by Gasteiger charge is 2.41. The van der Waals surface area contributed by atoms with Gasteiger partial charge in [-0.25, -0.2) is 8.42 Å². The van der Waals surface area contributed by atoms with E-state index in [1.807, 2.05) is 19.9 Å². The molecule has 1 aliphatic heterocycles. The van der Waals surface area contributed by atoms with Crippen LogP contribution in [0.15, 0.2) is 29.3 Å². The number of sulfone groups is 1. The van der Waals surface area contributed by atoms with Gasteiger partial charge in [-0.15, -0.1) is 0 Å². The molecule has 0 atom stereocenters. The molecule has 0 amide bonds. The lowest BCUT2D eigenvalue weighted by Gasteiger charge is -2.39. The summed E-state index contributed by atoms with van der Waals surface area (Å²) in [5, 5.41) is 3.39. The first-order valence-electron chi connectivity index (χ1n) is 10.6.